The Bertz CT molecular complexity index is 2450. The van der Waals surface area contributed by atoms with Crippen molar-refractivity contribution in [3.63, 3.8) is 0 Å². The lowest BCUT2D eigenvalue weighted by Crippen LogP contribution is -2.14. The van der Waals surface area contributed by atoms with E-state index in [1.807, 2.05) is 12.1 Å². The SMILES string of the molecule is CC1(C)c2ccccc2-c2c1ccc1c2oc2c(-c3ccc(C#N)cc3-n3c4ccccc4c4ccccc43)cccc21. The first-order valence-electron chi connectivity index (χ1n) is 14.7. The molecule has 0 amide bonds. The molecule has 0 N–H and O–H groups in total. The first kappa shape index (κ1) is 24.1. The van der Waals surface area contributed by atoms with Crippen LogP contribution in [0.1, 0.15) is 30.5 Å². The molecule has 8 aromatic rings. The number of fused-ring (bicyclic) bond motifs is 10. The van der Waals surface area contributed by atoms with Gasteiger partial charge < -0.3 is 8.98 Å². The molecule has 0 radical (unpaired) electrons. The van der Waals surface area contributed by atoms with Gasteiger partial charge in [-0.15, -0.1) is 0 Å². The van der Waals surface area contributed by atoms with Crippen LogP contribution in [0.5, 0.6) is 0 Å². The van der Waals surface area contributed by atoms with Crippen molar-refractivity contribution in [1.29, 1.82) is 5.26 Å². The molecule has 0 spiro atoms. The highest BCUT2D eigenvalue weighted by atomic mass is 16.3. The lowest BCUT2D eigenvalue weighted by molar-refractivity contribution is 0.653. The molecule has 43 heavy (non-hydrogen) atoms. The van der Waals surface area contributed by atoms with Crippen LogP contribution < -0.4 is 0 Å². The molecule has 0 unspecified atom stereocenters. The minimum Gasteiger partial charge on any atom is -0.455 e. The Labute approximate surface area is 248 Å². The fourth-order valence-corrected chi connectivity index (χ4v) is 7.45. The van der Waals surface area contributed by atoms with Crippen molar-refractivity contribution < 1.29 is 4.42 Å². The molecule has 1 aliphatic carbocycles. The molecule has 3 nitrogen and oxygen atoms in total. The van der Waals surface area contributed by atoms with Gasteiger partial charge >= 0.3 is 0 Å². The first-order chi connectivity index (χ1) is 21.1. The van der Waals surface area contributed by atoms with Crippen molar-refractivity contribution in [1.82, 2.24) is 4.57 Å². The Morgan fingerprint density at radius 3 is 2.00 bits per heavy atom. The standard InChI is InChI=1S/C40H26N2O/c1-40(2)32-15-6-3-12-31(32)37-33(40)21-20-30-29-14-9-13-28(38(29)43-39(30)37)27-19-18-24(23-41)22-36(27)42-34-16-7-4-10-25(34)26-11-5-8-17-35(26)42/h3-22H,1-2H3. The summed E-state index contributed by atoms with van der Waals surface area (Å²) in [4.78, 5) is 0. The van der Waals surface area contributed by atoms with Crippen LogP contribution in [0, 0.1) is 11.3 Å². The van der Waals surface area contributed by atoms with E-state index in [4.69, 9.17) is 4.42 Å². The summed E-state index contributed by atoms with van der Waals surface area (Å²) in [5.74, 6) is 0. The van der Waals surface area contributed by atoms with Crippen LogP contribution in [0.4, 0.5) is 0 Å². The van der Waals surface area contributed by atoms with Crippen LogP contribution in [-0.4, -0.2) is 4.57 Å². The smallest absolute Gasteiger partial charge is 0.143 e. The van der Waals surface area contributed by atoms with E-state index in [1.54, 1.807) is 0 Å². The zero-order valence-electron chi connectivity index (χ0n) is 23.8. The van der Waals surface area contributed by atoms with E-state index in [9.17, 15) is 5.26 Å². The molecule has 2 aromatic heterocycles. The topological polar surface area (TPSA) is 41.9 Å². The van der Waals surface area contributed by atoms with Gasteiger partial charge in [0.25, 0.3) is 0 Å². The van der Waals surface area contributed by atoms with Gasteiger partial charge in [0, 0.05) is 43.7 Å². The minimum atomic E-state index is -0.0985. The van der Waals surface area contributed by atoms with Crippen LogP contribution in [0.3, 0.4) is 0 Å². The van der Waals surface area contributed by atoms with E-state index >= 15 is 0 Å². The number of nitriles is 1. The van der Waals surface area contributed by atoms with E-state index in [2.05, 4.69) is 134 Å². The van der Waals surface area contributed by atoms with Crippen LogP contribution in [0.2, 0.25) is 0 Å². The molecule has 0 bridgehead atoms. The molecular formula is C40H26N2O. The zero-order valence-corrected chi connectivity index (χ0v) is 23.8. The van der Waals surface area contributed by atoms with Crippen molar-refractivity contribution in [2.24, 2.45) is 0 Å². The number of benzene rings is 6. The average Bonchev–Trinajstić information content (AvgIpc) is 3.67. The average molecular weight is 551 g/mol. The third kappa shape index (κ3) is 3.13. The van der Waals surface area contributed by atoms with Crippen LogP contribution in [-0.2, 0) is 5.41 Å². The molecule has 0 atom stereocenters. The van der Waals surface area contributed by atoms with Crippen molar-refractivity contribution in [2.75, 3.05) is 0 Å². The summed E-state index contributed by atoms with van der Waals surface area (Å²) in [7, 11) is 0. The van der Waals surface area contributed by atoms with Gasteiger partial charge in [0.2, 0.25) is 0 Å². The first-order valence-corrected chi connectivity index (χ1v) is 14.7. The molecule has 0 fully saturated rings. The second kappa shape index (κ2) is 8.47. The fourth-order valence-electron chi connectivity index (χ4n) is 7.45. The largest absolute Gasteiger partial charge is 0.455 e. The Morgan fingerprint density at radius 1 is 0.581 bits per heavy atom. The Hall–Kier alpha value is -5.59. The van der Waals surface area contributed by atoms with Crippen molar-refractivity contribution >= 4 is 43.7 Å². The summed E-state index contributed by atoms with van der Waals surface area (Å²) in [6, 6.07) is 44.9. The normalized spacial score (nSPS) is 13.5. The van der Waals surface area contributed by atoms with Gasteiger partial charge in [-0.05, 0) is 41.0 Å². The van der Waals surface area contributed by atoms with Gasteiger partial charge in [-0.2, -0.15) is 5.26 Å². The maximum Gasteiger partial charge on any atom is 0.143 e. The van der Waals surface area contributed by atoms with Gasteiger partial charge in [-0.1, -0.05) is 111 Å². The maximum atomic E-state index is 9.95. The van der Waals surface area contributed by atoms with Gasteiger partial charge in [0.05, 0.1) is 28.4 Å². The number of hydrogen-bond donors (Lipinski definition) is 0. The summed E-state index contributed by atoms with van der Waals surface area (Å²) in [5, 5.41) is 14.5. The van der Waals surface area contributed by atoms with E-state index < -0.39 is 0 Å². The van der Waals surface area contributed by atoms with Crippen molar-refractivity contribution in [3.8, 4) is 34.0 Å². The van der Waals surface area contributed by atoms with Crippen LogP contribution in [0.25, 0.3) is 71.7 Å². The third-order valence-corrected chi connectivity index (χ3v) is 9.45. The number of hydrogen-bond acceptors (Lipinski definition) is 2. The van der Waals surface area contributed by atoms with Crippen molar-refractivity contribution in [3.05, 3.63) is 138 Å². The lowest BCUT2D eigenvalue weighted by atomic mass is 9.82. The summed E-state index contributed by atoms with van der Waals surface area (Å²) in [6.07, 6.45) is 0. The summed E-state index contributed by atoms with van der Waals surface area (Å²) >= 11 is 0. The molecule has 0 saturated carbocycles. The van der Waals surface area contributed by atoms with Gasteiger partial charge in [0.15, 0.2) is 0 Å². The maximum absolute atomic E-state index is 9.95. The number of aromatic nitrogens is 1. The second-order valence-electron chi connectivity index (χ2n) is 12.0. The highest BCUT2D eigenvalue weighted by Gasteiger charge is 2.37. The molecule has 2 heterocycles. The Balaban J connectivity index is 1.38. The van der Waals surface area contributed by atoms with Crippen LogP contribution in [0.15, 0.2) is 126 Å². The van der Waals surface area contributed by atoms with Gasteiger partial charge in [-0.3, -0.25) is 0 Å². The Morgan fingerprint density at radius 2 is 1.23 bits per heavy atom. The quantitative estimate of drug-likeness (QED) is 0.215. The van der Waals surface area contributed by atoms with Crippen molar-refractivity contribution in [2.45, 2.75) is 19.3 Å². The van der Waals surface area contributed by atoms with E-state index in [0.717, 1.165) is 49.8 Å². The molecule has 0 saturated heterocycles. The lowest BCUT2D eigenvalue weighted by Gasteiger charge is -2.21. The third-order valence-electron chi connectivity index (χ3n) is 9.45. The highest BCUT2D eigenvalue weighted by molar-refractivity contribution is 6.15. The second-order valence-corrected chi connectivity index (χ2v) is 12.0. The molecule has 6 aromatic carbocycles. The number of rotatable bonds is 2. The summed E-state index contributed by atoms with van der Waals surface area (Å²) in [5.41, 5.74) is 12.6. The number of furan rings is 1. The monoisotopic (exact) mass is 550 g/mol. The summed E-state index contributed by atoms with van der Waals surface area (Å²) < 4.78 is 9.25. The van der Waals surface area contributed by atoms with Gasteiger partial charge in [-0.25, -0.2) is 0 Å². The van der Waals surface area contributed by atoms with E-state index in [1.165, 1.54) is 33.0 Å². The Kier molecular flexibility index (Phi) is 4.74. The minimum absolute atomic E-state index is 0.0985. The molecule has 1 aliphatic rings. The number of para-hydroxylation sites is 3. The fraction of sp³-hybridized carbons (Fsp3) is 0.0750. The van der Waals surface area contributed by atoms with Gasteiger partial charge in [0.1, 0.15) is 11.2 Å². The molecule has 9 rings (SSSR count). The molecule has 3 heteroatoms. The zero-order chi connectivity index (χ0) is 28.9. The van der Waals surface area contributed by atoms with Crippen LogP contribution >= 0.6 is 0 Å². The molecule has 0 aliphatic heterocycles. The molecular weight excluding hydrogens is 524 g/mol. The predicted molar refractivity (Wildman–Crippen MR) is 176 cm³/mol. The van der Waals surface area contributed by atoms with E-state index in [-0.39, 0.29) is 5.41 Å². The highest BCUT2D eigenvalue weighted by Crippen LogP contribution is 2.53. The summed E-state index contributed by atoms with van der Waals surface area (Å²) in [6.45, 7) is 4.60. The molecule has 202 valence electrons. The predicted octanol–water partition coefficient (Wildman–Crippen LogP) is 10.5. The number of nitrogens with zero attached hydrogens (tertiary/aromatic N) is 2. The van der Waals surface area contributed by atoms with E-state index in [0.29, 0.717) is 5.56 Å².